The minimum atomic E-state index is -1.62. The van der Waals surface area contributed by atoms with Gasteiger partial charge in [-0.2, -0.15) is 0 Å². The first-order chi connectivity index (χ1) is 35.7. The molecule has 0 aliphatic carbocycles. The van der Waals surface area contributed by atoms with Gasteiger partial charge in [0.2, 0.25) is 5.91 Å². The molecule has 422 valence electrons. The number of amides is 1. The Morgan fingerprint density at radius 1 is 0.562 bits per heavy atom. The summed E-state index contributed by atoms with van der Waals surface area (Å²) in [6, 6.07) is -1.03. The van der Waals surface area contributed by atoms with Gasteiger partial charge in [-0.15, -0.1) is 0 Å². The van der Waals surface area contributed by atoms with Gasteiger partial charge >= 0.3 is 5.97 Å². The van der Waals surface area contributed by atoms with Crippen LogP contribution in [0.1, 0.15) is 245 Å². The molecule has 1 aliphatic rings. The van der Waals surface area contributed by atoms with Gasteiger partial charge in [0.15, 0.2) is 12.4 Å². The number of allylic oxidation sites excluding steroid dienone is 11. The van der Waals surface area contributed by atoms with Gasteiger partial charge in [0.1, 0.15) is 24.4 Å². The molecule has 1 amide bonds. The number of hydrogen-bond acceptors (Lipinski definition) is 10. The molecular weight excluding hydrogens is 919 g/mol. The summed E-state index contributed by atoms with van der Waals surface area (Å²) in [6.07, 6.45) is 52.2. The number of carbonyl (C=O) groups is 2. The lowest BCUT2D eigenvalue weighted by Crippen LogP contribution is -2.61. The topological polar surface area (TPSA) is 175 Å². The molecule has 1 saturated heterocycles. The molecular formula is C62H109NO10. The van der Waals surface area contributed by atoms with Crippen LogP contribution in [0.25, 0.3) is 0 Å². The van der Waals surface area contributed by atoms with Crippen molar-refractivity contribution in [1.29, 1.82) is 0 Å². The molecule has 0 bridgehead atoms. The average molecular weight is 1030 g/mol. The molecule has 73 heavy (non-hydrogen) atoms. The van der Waals surface area contributed by atoms with Crippen molar-refractivity contribution >= 4 is 11.9 Å². The maximum absolute atomic E-state index is 13.4. The van der Waals surface area contributed by atoms with Gasteiger partial charge in [0.05, 0.1) is 25.4 Å². The van der Waals surface area contributed by atoms with E-state index in [9.17, 15) is 35.1 Å². The number of ether oxygens (including phenoxy) is 3. The molecule has 0 spiro atoms. The van der Waals surface area contributed by atoms with E-state index in [2.05, 4.69) is 74.7 Å². The zero-order chi connectivity index (χ0) is 53.3. The first kappa shape index (κ1) is 68.1. The quantitative estimate of drug-likeness (QED) is 0.0149. The summed E-state index contributed by atoms with van der Waals surface area (Å²) in [5.74, 6) is -1.22. The number of esters is 1. The second-order valence-electron chi connectivity index (χ2n) is 20.4. The van der Waals surface area contributed by atoms with Crippen molar-refractivity contribution < 1.29 is 49.3 Å². The van der Waals surface area contributed by atoms with Crippen molar-refractivity contribution in [2.75, 3.05) is 13.2 Å². The van der Waals surface area contributed by atoms with E-state index in [1.807, 2.05) is 18.2 Å². The fourth-order valence-electron chi connectivity index (χ4n) is 8.92. The molecule has 6 N–H and O–H groups in total. The lowest BCUT2D eigenvalue weighted by Gasteiger charge is -2.41. The highest BCUT2D eigenvalue weighted by Crippen LogP contribution is 2.26. The molecule has 1 heterocycles. The first-order valence-electron chi connectivity index (χ1n) is 29.7. The van der Waals surface area contributed by atoms with E-state index in [1.165, 1.54) is 96.3 Å². The third-order valence-electron chi connectivity index (χ3n) is 13.7. The van der Waals surface area contributed by atoms with Crippen LogP contribution in [0.4, 0.5) is 0 Å². The van der Waals surface area contributed by atoms with Crippen LogP contribution in [0.3, 0.4) is 0 Å². The fourth-order valence-corrected chi connectivity index (χ4v) is 8.92. The van der Waals surface area contributed by atoms with E-state index in [-0.39, 0.29) is 19.4 Å². The minimum Gasteiger partial charge on any atom is -0.454 e. The standard InChI is InChI=1S/C62H109NO10/c1-4-7-10-13-16-19-22-25-27-28-29-32-35-38-41-44-47-50-57(67)73-60-59(69)58(68)56(51-64)72-62(60)71-52-53(54(65)48-45-42-39-36-33-30-24-21-18-15-12-9-6-3)63-61(70)55(66)49-46-43-40-37-34-31-26-23-20-17-14-11-8-5-2/h8,11,14,16-17,19-20,23,25,27,45,48,53-56,58-60,62,64-66,68-69H,4-7,9-10,12-13,15,18,21-22,24,26,28-44,46-47,49-52H2,1-3H3,(H,63,70)/b11-8+,17-14+,19-16-,23-20+,27-25-,48-45+. The van der Waals surface area contributed by atoms with Gasteiger partial charge < -0.3 is 45.1 Å². The van der Waals surface area contributed by atoms with Gasteiger partial charge in [0.25, 0.3) is 0 Å². The molecule has 1 fully saturated rings. The van der Waals surface area contributed by atoms with Gasteiger partial charge in [0, 0.05) is 6.42 Å². The second-order valence-corrected chi connectivity index (χ2v) is 20.4. The smallest absolute Gasteiger partial charge is 0.306 e. The van der Waals surface area contributed by atoms with Crippen LogP contribution in [0.15, 0.2) is 72.9 Å². The van der Waals surface area contributed by atoms with E-state index in [4.69, 9.17) is 14.2 Å². The summed E-state index contributed by atoms with van der Waals surface area (Å²) in [5.41, 5.74) is 0. The normalized spacial score (nSPS) is 19.9. The minimum absolute atomic E-state index is 0.111. The summed E-state index contributed by atoms with van der Waals surface area (Å²) in [6.45, 7) is 5.61. The SMILES string of the molecule is CC/C=C/C=C/C=C/CCCCCCCCC(O)C(=O)NC(COC1OC(CO)C(O)C(O)C1OC(=O)CCCCCCCCC/C=C\C/C=C\CCCCC)C(O)/C=C/CCCCCCCCCCCCC. The van der Waals surface area contributed by atoms with E-state index in [0.717, 1.165) is 103 Å². The summed E-state index contributed by atoms with van der Waals surface area (Å²) in [5, 5.41) is 56.9. The Hall–Kier alpha value is -2.90. The molecule has 0 aromatic rings. The molecule has 8 unspecified atom stereocenters. The molecule has 0 saturated carbocycles. The Bertz CT molecular complexity index is 1460. The van der Waals surface area contributed by atoms with Crippen LogP contribution >= 0.6 is 0 Å². The van der Waals surface area contributed by atoms with E-state index in [1.54, 1.807) is 6.08 Å². The van der Waals surface area contributed by atoms with E-state index in [0.29, 0.717) is 12.8 Å². The van der Waals surface area contributed by atoms with Crippen LogP contribution in [0.5, 0.6) is 0 Å². The predicted molar refractivity (Wildman–Crippen MR) is 301 cm³/mol. The van der Waals surface area contributed by atoms with Crippen LogP contribution < -0.4 is 5.32 Å². The maximum Gasteiger partial charge on any atom is 0.306 e. The summed E-state index contributed by atoms with van der Waals surface area (Å²) in [4.78, 5) is 26.5. The summed E-state index contributed by atoms with van der Waals surface area (Å²) >= 11 is 0. The lowest BCUT2D eigenvalue weighted by molar-refractivity contribution is -0.305. The highest BCUT2D eigenvalue weighted by molar-refractivity contribution is 5.80. The Balaban J connectivity index is 2.73. The number of rotatable bonds is 49. The Morgan fingerprint density at radius 3 is 1.60 bits per heavy atom. The van der Waals surface area contributed by atoms with Crippen molar-refractivity contribution in [2.24, 2.45) is 0 Å². The molecule has 11 nitrogen and oxygen atoms in total. The van der Waals surface area contributed by atoms with Gasteiger partial charge in [-0.3, -0.25) is 9.59 Å². The maximum atomic E-state index is 13.4. The highest BCUT2D eigenvalue weighted by atomic mass is 16.7. The summed E-state index contributed by atoms with van der Waals surface area (Å²) < 4.78 is 17.6. The van der Waals surface area contributed by atoms with Gasteiger partial charge in [-0.05, 0) is 77.0 Å². The first-order valence-corrected chi connectivity index (χ1v) is 29.7. The third-order valence-corrected chi connectivity index (χ3v) is 13.7. The van der Waals surface area contributed by atoms with Crippen LogP contribution in [0, 0.1) is 0 Å². The molecule has 8 atom stereocenters. The van der Waals surface area contributed by atoms with Gasteiger partial charge in [-0.1, -0.05) is 235 Å². The largest absolute Gasteiger partial charge is 0.454 e. The number of aliphatic hydroxyl groups is 5. The number of unbranched alkanes of at least 4 members (excludes halogenated alkanes) is 27. The molecule has 0 radical (unpaired) electrons. The molecule has 1 aliphatic heterocycles. The van der Waals surface area contributed by atoms with Crippen molar-refractivity contribution in [3.8, 4) is 0 Å². The van der Waals surface area contributed by atoms with Crippen LogP contribution in [-0.2, 0) is 23.8 Å². The average Bonchev–Trinajstić information content (AvgIpc) is 3.39. The molecule has 0 aromatic heterocycles. The van der Waals surface area contributed by atoms with E-state index >= 15 is 0 Å². The second kappa shape index (κ2) is 49.9. The Kier molecular flexibility index (Phi) is 46.6. The van der Waals surface area contributed by atoms with Crippen LogP contribution in [-0.4, -0.2) is 99.6 Å². The lowest BCUT2D eigenvalue weighted by atomic mass is 9.99. The van der Waals surface area contributed by atoms with Crippen molar-refractivity contribution in [1.82, 2.24) is 5.32 Å². The summed E-state index contributed by atoms with van der Waals surface area (Å²) in [7, 11) is 0. The fraction of sp³-hybridized carbons (Fsp3) is 0.774. The Labute approximate surface area is 445 Å². The zero-order valence-corrected chi connectivity index (χ0v) is 46.5. The van der Waals surface area contributed by atoms with Crippen molar-refractivity contribution in [2.45, 2.75) is 294 Å². The Morgan fingerprint density at radius 2 is 1.04 bits per heavy atom. The van der Waals surface area contributed by atoms with Crippen molar-refractivity contribution in [3.05, 3.63) is 72.9 Å². The molecule has 11 heteroatoms. The third kappa shape index (κ3) is 38.3. The number of carbonyl (C=O) groups excluding carboxylic acids is 2. The number of nitrogens with one attached hydrogen (secondary N) is 1. The molecule has 0 aromatic carbocycles. The van der Waals surface area contributed by atoms with Gasteiger partial charge in [-0.25, -0.2) is 0 Å². The monoisotopic (exact) mass is 1030 g/mol. The number of hydrogen-bond donors (Lipinski definition) is 6. The number of aliphatic hydroxyl groups excluding tert-OH is 5. The predicted octanol–water partition coefficient (Wildman–Crippen LogP) is 13.6. The van der Waals surface area contributed by atoms with E-state index < -0.39 is 67.4 Å². The zero-order valence-electron chi connectivity index (χ0n) is 46.5. The highest BCUT2D eigenvalue weighted by Gasteiger charge is 2.47. The van der Waals surface area contributed by atoms with Crippen molar-refractivity contribution in [3.63, 3.8) is 0 Å². The van der Waals surface area contributed by atoms with Crippen LogP contribution in [0.2, 0.25) is 0 Å². The molecule has 1 rings (SSSR count).